The van der Waals surface area contributed by atoms with Gasteiger partial charge in [0.1, 0.15) is 0 Å². The van der Waals surface area contributed by atoms with E-state index >= 15 is 0 Å². The highest BCUT2D eigenvalue weighted by atomic mass is 79.9. The molecule has 0 aliphatic rings. The molecule has 0 aromatic heterocycles. The number of hydrogen-bond acceptors (Lipinski definition) is 2. The fourth-order valence-electron chi connectivity index (χ4n) is 1.66. The van der Waals surface area contributed by atoms with Gasteiger partial charge in [-0.1, -0.05) is 39.1 Å². The maximum absolute atomic E-state index is 12.9. The molecule has 0 saturated carbocycles. The van der Waals surface area contributed by atoms with E-state index in [1.165, 1.54) is 18.2 Å². The number of rotatable bonds is 3. The van der Waals surface area contributed by atoms with Crippen molar-refractivity contribution in [1.82, 2.24) is 0 Å². The summed E-state index contributed by atoms with van der Waals surface area (Å²) in [5.41, 5.74) is -1.01. The lowest BCUT2D eigenvalue weighted by molar-refractivity contribution is -0.138. The molecule has 0 saturated heterocycles. The van der Waals surface area contributed by atoms with Gasteiger partial charge in [-0.05, 0) is 36.4 Å². The van der Waals surface area contributed by atoms with E-state index in [0.717, 1.165) is 12.1 Å². The van der Waals surface area contributed by atoms with Gasteiger partial charge in [-0.3, -0.25) is 4.72 Å². The second-order valence-corrected chi connectivity index (χ2v) is 7.72. The van der Waals surface area contributed by atoms with Crippen molar-refractivity contribution in [1.29, 1.82) is 0 Å². The second kappa shape index (κ2) is 6.51. The first kappa shape index (κ1) is 18.4. The first-order valence-electron chi connectivity index (χ1n) is 5.85. The van der Waals surface area contributed by atoms with Gasteiger partial charge >= 0.3 is 6.18 Å². The Bertz CT molecular complexity index is 857. The number of alkyl halides is 3. The topological polar surface area (TPSA) is 46.2 Å². The van der Waals surface area contributed by atoms with Crippen molar-refractivity contribution in [3.8, 4) is 0 Å². The van der Waals surface area contributed by atoms with E-state index in [9.17, 15) is 21.6 Å². The third-order valence-electron chi connectivity index (χ3n) is 2.73. The Morgan fingerprint density at radius 3 is 2.22 bits per heavy atom. The summed E-state index contributed by atoms with van der Waals surface area (Å²) in [4.78, 5) is -0.529. The molecule has 1 N–H and O–H groups in total. The lowest BCUT2D eigenvalue weighted by atomic mass is 10.2. The number of halogens is 6. The van der Waals surface area contributed by atoms with Crippen LogP contribution < -0.4 is 4.72 Å². The van der Waals surface area contributed by atoms with Crippen molar-refractivity contribution in [2.75, 3.05) is 4.72 Å². The molecule has 0 heterocycles. The van der Waals surface area contributed by atoms with E-state index in [0.29, 0.717) is 6.07 Å². The van der Waals surface area contributed by atoms with Gasteiger partial charge in [0.2, 0.25) is 0 Å². The summed E-state index contributed by atoms with van der Waals surface area (Å²) in [6, 6.07) is 6.58. The van der Waals surface area contributed by atoms with E-state index in [4.69, 9.17) is 23.2 Å². The predicted molar refractivity (Wildman–Crippen MR) is 86.4 cm³/mol. The zero-order valence-electron chi connectivity index (χ0n) is 11.0. The number of benzene rings is 2. The molecule has 0 atom stereocenters. The summed E-state index contributed by atoms with van der Waals surface area (Å²) in [5, 5.41) is 0.330. The maximum atomic E-state index is 12.9. The predicted octanol–water partition coefficient (Wildman–Crippen LogP) is 5.58. The molecule has 0 aliphatic carbocycles. The van der Waals surface area contributed by atoms with Crippen LogP contribution in [0, 0.1) is 0 Å². The average Bonchev–Trinajstić information content (AvgIpc) is 2.41. The molecular formula is C13H7BrCl2F3NO2S. The monoisotopic (exact) mass is 447 g/mol. The van der Waals surface area contributed by atoms with Gasteiger partial charge < -0.3 is 0 Å². The quantitative estimate of drug-likeness (QED) is 0.666. The Kier molecular flexibility index (Phi) is 5.20. The Labute approximate surface area is 148 Å². The molecule has 23 heavy (non-hydrogen) atoms. The van der Waals surface area contributed by atoms with Crippen LogP contribution in [0.1, 0.15) is 5.56 Å². The average molecular weight is 449 g/mol. The zero-order valence-corrected chi connectivity index (χ0v) is 14.9. The maximum Gasteiger partial charge on any atom is 0.417 e. The second-order valence-electron chi connectivity index (χ2n) is 4.37. The zero-order chi connectivity index (χ0) is 17.4. The Morgan fingerprint density at radius 1 is 1.00 bits per heavy atom. The van der Waals surface area contributed by atoms with Crippen LogP contribution >= 0.6 is 39.1 Å². The molecule has 2 aromatic carbocycles. The highest BCUT2D eigenvalue weighted by Gasteiger charge is 2.34. The molecule has 2 rings (SSSR count). The standard InChI is InChI=1S/C13H7BrCl2F3NO2S/c14-10-3-2-8(6-9(10)13(17,18)19)23(21,22)20-7-1-4-11(15)12(16)5-7/h1-6,20H. The first-order valence-corrected chi connectivity index (χ1v) is 8.88. The minimum Gasteiger partial charge on any atom is -0.280 e. The van der Waals surface area contributed by atoms with Gasteiger partial charge in [0, 0.05) is 4.47 Å². The van der Waals surface area contributed by atoms with Gasteiger partial charge in [0.05, 0.1) is 26.2 Å². The molecule has 2 aromatic rings. The summed E-state index contributed by atoms with van der Waals surface area (Å²) < 4.78 is 64.9. The SMILES string of the molecule is O=S(=O)(Nc1ccc(Cl)c(Cl)c1)c1ccc(Br)c(C(F)(F)F)c1. The van der Waals surface area contributed by atoms with Gasteiger partial charge in [0.15, 0.2) is 0 Å². The largest absolute Gasteiger partial charge is 0.417 e. The molecule has 0 spiro atoms. The van der Waals surface area contributed by atoms with Gasteiger partial charge in [-0.25, -0.2) is 8.42 Å². The number of sulfonamides is 1. The van der Waals surface area contributed by atoms with Crippen molar-refractivity contribution in [3.63, 3.8) is 0 Å². The van der Waals surface area contributed by atoms with Crippen molar-refractivity contribution in [2.45, 2.75) is 11.1 Å². The van der Waals surface area contributed by atoms with Crippen LogP contribution in [0.2, 0.25) is 10.0 Å². The summed E-state index contributed by atoms with van der Waals surface area (Å²) in [5.74, 6) is 0. The highest BCUT2D eigenvalue weighted by Crippen LogP contribution is 2.36. The molecule has 0 bridgehead atoms. The molecule has 3 nitrogen and oxygen atoms in total. The third-order valence-corrected chi connectivity index (χ3v) is 5.53. The van der Waals surface area contributed by atoms with Crippen LogP contribution in [0.25, 0.3) is 0 Å². The molecule has 124 valence electrons. The van der Waals surface area contributed by atoms with Crippen molar-refractivity contribution >= 4 is 54.8 Å². The molecule has 10 heteroatoms. The Balaban J connectivity index is 2.42. The van der Waals surface area contributed by atoms with Crippen LogP contribution in [-0.2, 0) is 16.2 Å². The van der Waals surface area contributed by atoms with Crippen LogP contribution in [-0.4, -0.2) is 8.42 Å². The summed E-state index contributed by atoms with van der Waals surface area (Å²) in [7, 11) is -4.22. The van der Waals surface area contributed by atoms with E-state index in [1.807, 2.05) is 0 Å². The minimum atomic E-state index is -4.69. The van der Waals surface area contributed by atoms with Gasteiger partial charge in [-0.2, -0.15) is 13.2 Å². The summed E-state index contributed by atoms with van der Waals surface area (Å²) in [6.07, 6.45) is -4.69. The Hall–Kier alpha value is -0.960. The molecule has 0 amide bonds. The molecule has 0 unspecified atom stereocenters. The smallest absolute Gasteiger partial charge is 0.280 e. The normalized spacial score (nSPS) is 12.3. The van der Waals surface area contributed by atoms with Crippen molar-refractivity contribution < 1.29 is 21.6 Å². The van der Waals surface area contributed by atoms with Crippen molar-refractivity contribution in [2.24, 2.45) is 0 Å². The minimum absolute atomic E-state index is 0.0795. The molecule has 0 aliphatic heterocycles. The van der Waals surface area contributed by atoms with E-state index < -0.39 is 26.7 Å². The molecular weight excluding hydrogens is 442 g/mol. The summed E-state index contributed by atoms with van der Waals surface area (Å²) >= 11 is 14.2. The van der Waals surface area contributed by atoms with Crippen molar-refractivity contribution in [3.05, 3.63) is 56.5 Å². The molecule has 0 fully saturated rings. The fourth-order valence-corrected chi connectivity index (χ4v) is 3.51. The van der Waals surface area contributed by atoms with Crippen LogP contribution in [0.3, 0.4) is 0 Å². The van der Waals surface area contributed by atoms with Crippen LogP contribution in [0.15, 0.2) is 45.8 Å². The van der Waals surface area contributed by atoms with E-state index in [2.05, 4.69) is 20.7 Å². The fraction of sp³-hybridized carbons (Fsp3) is 0.0769. The van der Waals surface area contributed by atoms with E-state index in [1.54, 1.807) is 0 Å². The molecule has 0 radical (unpaired) electrons. The van der Waals surface area contributed by atoms with Gasteiger partial charge in [-0.15, -0.1) is 0 Å². The summed E-state index contributed by atoms with van der Waals surface area (Å²) in [6.45, 7) is 0. The Morgan fingerprint density at radius 2 is 1.65 bits per heavy atom. The van der Waals surface area contributed by atoms with Gasteiger partial charge in [0.25, 0.3) is 10.0 Å². The third kappa shape index (κ3) is 4.32. The highest BCUT2D eigenvalue weighted by molar-refractivity contribution is 9.10. The van der Waals surface area contributed by atoms with Crippen LogP contribution in [0.4, 0.5) is 18.9 Å². The van der Waals surface area contributed by atoms with Crippen LogP contribution in [0.5, 0.6) is 0 Å². The number of anilines is 1. The van der Waals surface area contributed by atoms with E-state index in [-0.39, 0.29) is 20.2 Å². The number of nitrogens with one attached hydrogen (secondary N) is 1. The lowest BCUT2D eigenvalue weighted by Gasteiger charge is -2.13. The first-order chi connectivity index (χ1) is 10.5. The number of hydrogen-bond donors (Lipinski definition) is 1. The lowest BCUT2D eigenvalue weighted by Crippen LogP contribution is -2.15.